The van der Waals surface area contributed by atoms with Gasteiger partial charge in [0, 0.05) is 13.7 Å². The fourth-order valence-corrected chi connectivity index (χ4v) is 4.81. The highest BCUT2D eigenvalue weighted by atomic mass is 16.6. The second-order valence-corrected chi connectivity index (χ2v) is 11.0. The van der Waals surface area contributed by atoms with Gasteiger partial charge in [0.25, 0.3) is 5.91 Å². The molecule has 0 radical (unpaired) electrons. The summed E-state index contributed by atoms with van der Waals surface area (Å²) in [5, 5.41) is 8.24. The van der Waals surface area contributed by atoms with Crippen LogP contribution in [0, 0.1) is 0 Å². The summed E-state index contributed by atoms with van der Waals surface area (Å²) in [5.74, 6) is -1.55. The highest BCUT2D eigenvalue weighted by molar-refractivity contribution is 6.01. The van der Waals surface area contributed by atoms with Crippen LogP contribution in [0.5, 0.6) is 5.75 Å². The highest BCUT2D eigenvalue weighted by Gasteiger charge is 2.50. The van der Waals surface area contributed by atoms with Crippen molar-refractivity contribution in [3.8, 4) is 5.75 Å². The van der Waals surface area contributed by atoms with Crippen molar-refractivity contribution in [3.63, 3.8) is 0 Å². The molecule has 0 aromatic heterocycles. The number of ether oxygens (including phenoxy) is 4. The van der Waals surface area contributed by atoms with Crippen molar-refractivity contribution in [3.05, 3.63) is 65.7 Å². The minimum atomic E-state index is -1.13. The summed E-state index contributed by atoms with van der Waals surface area (Å²) < 4.78 is 22.3. The third-order valence-corrected chi connectivity index (χ3v) is 7.46. The Bertz CT molecular complexity index is 1250. The molecule has 1 fully saturated rings. The first-order chi connectivity index (χ1) is 20.8. The van der Waals surface area contributed by atoms with Gasteiger partial charge >= 0.3 is 0 Å². The Hall–Kier alpha value is -3.80. The minimum absolute atomic E-state index is 0.114. The zero-order valence-electron chi connectivity index (χ0n) is 24.8. The number of epoxide rings is 1. The minimum Gasteiger partial charge on any atom is -0.493 e. The van der Waals surface area contributed by atoms with E-state index in [9.17, 15) is 19.2 Å². The van der Waals surface area contributed by atoms with Crippen molar-refractivity contribution < 1.29 is 38.1 Å². The molecule has 43 heavy (non-hydrogen) atoms. The number of fused-ring (bicyclic) bond motifs is 1. The molecular formula is C32H41N3O8. The molecule has 2 heterocycles. The lowest BCUT2D eigenvalue weighted by molar-refractivity contribution is -0.134. The number of amides is 3. The van der Waals surface area contributed by atoms with E-state index in [-0.39, 0.29) is 37.6 Å². The average molecular weight is 596 g/mol. The maximum atomic E-state index is 13.6. The fraction of sp³-hybridized carbons (Fsp3) is 0.500. The smallest absolute Gasteiger partial charge is 0.255 e. The summed E-state index contributed by atoms with van der Waals surface area (Å²) in [7, 11) is 1.41. The maximum absolute atomic E-state index is 13.6. The lowest BCUT2D eigenvalue weighted by atomic mass is 9.94. The molecule has 0 bridgehead atoms. The van der Waals surface area contributed by atoms with Crippen LogP contribution in [0.1, 0.15) is 48.5 Å². The number of carbonyl (C=O) groups is 4. The van der Waals surface area contributed by atoms with Crippen LogP contribution in [0.4, 0.5) is 0 Å². The molecule has 3 N–H and O–H groups in total. The number of methoxy groups -OCH3 is 1. The Morgan fingerprint density at radius 3 is 2.42 bits per heavy atom. The topological polar surface area (TPSA) is 145 Å². The van der Waals surface area contributed by atoms with Gasteiger partial charge in [0.2, 0.25) is 11.8 Å². The third-order valence-electron chi connectivity index (χ3n) is 7.46. The van der Waals surface area contributed by atoms with E-state index in [1.807, 2.05) is 30.3 Å². The number of ketones is 1. The van der Waals surface area contributed by atoms with Crippen LogP contribution in [0.2, 0.25) is 0 Å². The second kappa shape index (κ2) is 15.6. The van der Waals surface area contributed by atoms with Crippen LogP contribution < -0.4 is 20.7 Å². The van der Waals surface area contributed by atoms with Gasteiger partial charge in [-0.3, -0.25) is 19.2 Å². The van der Waals surface area contributed by atoms with E-state index in [0.717, 1.165) is 31.2 Å². The van der Waals surface area contributed by atoms with E-state index >= 15 is 0 Å². The quantitative estimate of drug-likeness (QED) is 0.393. The SMILES string of the molecule is COC[C@@H]1NC(=O)c2ccccc2OCCCCCCOC[C@@H](C(=O)N[C@@H](Cc2ccccc2)C(=O)[C@@]2(C)CO2)NC1=O. The molecule has 0 unspecified atom stereocenters. The van der Waals surface area contributed by atoms with Gasteiger partial charge in [-0.15, -0.1) is 0 Å². The Morgan fingerprint density at radius 1 is 1.00 bits per heavy atom. The second-order valence-electron chi connectivity index (χ2n) is 11.0. The monoisotopic (exact) mass is 595 g/mol. The normalized spacial score (nSPS) is 24.2. The average Bonchev–Trinajstić information content (AvgIpc) is 3.76. The zero-order chi connectivity index (χ0) is 30.7. The molecular weight excluding hydrogens is 554 g/mol. The van der Waals surface area contributed by atoms with Crippen LogP contribution in [-0.2, 0) is 35.0 Å². The lowest BCUT2D eigenvalue weighted by Crippen LogP contribution is -2.59. The Balaban J connectivity index is 1.53. The van der Waals surface area contributed by atoms with Crippen LogP contribution >= 0.6 is 0 Å². The first kappa shape index (κ1) is 32.1. The molecule has 4 atom stereocenters. The number of rotatable bonds is 8. The molecule has 2 aromatic rings. The van der Waals surface area contributed by atoms with Crippen molar-refractivity contribution in [1.29, 1.82) is 0 Å². The van der Waals surface area contributed by atoms with Gasteiger partial charge in [0.15, 0.2) is 5.78 Å². The van der Waals surface area contributed by atoms with E-state index in [0.29, 0.717) is 19.0 Å². The van der Waals surface area contributed by atoms with Gasteiger partial charge in [-0.2, -0.15) is 0 Å². The Labute approximate surface area is 252 Å². The summed E-state index contributed by atoms with van der Waals surface area (Å²) in [5.41, 5.74) is 0.197. The molecule has 0 saturated carbocycles. The van der Waals surface area contributed by atoms with Gasteiger partial charge in [0.1, 0.15) is 23.4 Å². The Kier molecular flexibility index (Phi) is 11.7. The van der Waals surface area contributed by atoms with Gasteiger partial charge in [-0.25, -0.2) is 0 Å². The Morgan fingerprint density at radius 2 is 1.70 bits per heavy atom. The molecule has 2 aromatic carbocycles. The maximum Gasteiger partial charge on any atom is 0.255 e. The van der Waals surface area contributed by atoms with Gasteiger partial charge in [-0.05, 0) is 50.3 Å². The molecule has 3 amide bonds. The first-order valence-electron chi connectivity index (χ1n) is 14.7. The van der Waals surface area contributed by atoms with E-state index in [4.69, 9.17) is 18.9 Å². The van der Waals surface area contributed by atoms with Gasteiger partial charge in [0.05, 0.1) is 38.0 Å². The number of carbonyl (C=O) groups excluding carboxylic acids is 4. The fourth-order valence-electron chi connectivity index (χ4n) is 4.81. The van der Waals surface area contributed by atoms with E-state index < -0.39 is 41.4 Å². The van der Waals surface area contributed by atoms with Gasteiger partial charge in [-0.1, -0.05) is 48.9 Å². The zero-order valence-corrected chi connectivity index (χ0v) is 24.8. The van der Waals surface area contributed by atoms with Crippen molar-refractivity contribution >= 4 is 23.5 Å². The molecule has 0 spiro atoms. The van der Waals surface area contributed by atoms with Crippen LogP contribution in [0.15, 0.2) is 54.6 Å². The number of hydrogen-bond acceptors (Lipinski definition) is 8. The largest absolute Gasteiger partial charge is 0.493 e. The molecule has 11 nitrogen and oxygen atoms in total. The molecule has 232 valence electrons. The van der Waals surface area contributed by atoms with Crippen molar-refractivity contribution in [2.24, 2.45) is 0 Å². The summed E-state index contributed by atoms with van der Waals surface area (Å²) in [6.07, 6.45) is 3.60. The van der Waals surface area contributed by atoms with Gasteiger partial charge < -0.3 is 34.9 Å². The summed E-state index contributed by atoms with van der Waals surface area (Å²) >= 11 is 0. The standard InChI is InChI=1S/C32H41N3O8/c1-32(21-43-32)28(36)24(18-22-12-6-5-7-13-22)33-31(39)26-20-41-16-10-3-4-11-17-42-27-15-9-8-14-23(27)29(37)34-25(19-40-2)30(38)35-26/h5-9,12-15,24-26H,3-4,10-11,16-21H2,1-2H3,(H,33,39)(H,34,37)(H,35,38)/t24-,25-,26-,32+/m0/s1. The summed E-state index contributed by atoms with van der Waals surface area (Å²) in [6.45, 7) is 2.56. The summed E-state index contributed by atoms with van der Waals surface area (Å²) in [4.78, 5) is 53.6. The predicted octanol–water partition coefficient (Wildman–Crippen LogP) is 1.97. The number of nitrogens with one attached hydrogen (secondary N) is 3. The number of benzene rings is 2. The van der Waals surface area contributed by atoms with Crippen LogP contribution in [0.3, 0.4) is 0 Å². The van der Waals surface area contributed by atoms with E-state index in [2.05, 4.69) is 16.0 Å². The van der Waals surface area contributed by atoms with E-state index in [1.165, 1.54) is 7.11 Å². The molecule has 0 aliphatic carbocycles. The number of hydrogen-bond donors (Lipinski definition) is 3. The number of para-hydroxylation sites is 1. The third kappa shape index (κ3) is 9.34. The first-order valence-corrected chi connectivity index (χ1v) is 14.7. The van der Waals surface area contributed by atoms with E-state index in [1.54, 1.807) is 31.2 Å². The van der Waals surface area contributed by atoms with Crippen molar-refractivity contribution in [1.82, 2.24) is 16.0 Å². The van der Waals surface area contributed by atoms with Crippen molar-refractivity contribution in [2.45, 2.75) is 62.8 Å². The van der Waals surface area contributed by atoms with Crippen LogP contribution in [0.25, 0.3) is 0 Å². The molecule has 1 saturated heterocycles. The highest BCUT2D eigenvalue weighted by Crippen LogP contribution is 2.29. The predicted molar refractivity (Wildman–Crippen MR) is 158 cm³/mol. The van der Waals surface area contributed by atoms with Crippen molar-refractivity contribution in [2.75, 3.05) is 40.1 Å². The summed E-state index contributed by atoms with van der Waals surface area (Å²) in [6, 6.07) is 13.1. The lowest BCUT2D eigenvalue weighted by Gasteiger charge is -2.26. The molecule has 2 aliphatic rings. The van der Waals surface area contributed by atoms with Crippen LogP contribution in [-0.4, -0.2) is 87.4 Å². The molecule has 2 aliphatic heterocycles. The number of Topliss-reactive ketones (excluding diaryl/α,β-unsaturated/α-hetero) is 1. The molecule has 11 heteroatoms. The molecule has 4 rings (SSSR count).